The van der Waals surface area contributed by atoms with Gasteiger partial charge in [-0.3, -0.25) is 0 Å². The summed E-state index contributed by atoms with van der Waals surface area (Å²) in [5.74, 6) is 1.06. The minimum Gasteiger partial charge on any atom is -0.508 e. The highest BCUT2D eigenvalue weighted by Crippen LogP contribution is 2.40. The number of halogens is 1. The number of methoxy groups -OCH3 is 1. The number of phenols is 1. The van der Waals surface area contributed by atoms with Gasteiger partial charge in [0.2, 0.25) is 0 Å². The number of aromatic nitrogens is 1. The lowest BCUT2D eigenvalue weighted by atomic mass is 9.98. The summed E-state index contributed by atoms with van der Waals surface area (Å²) in [6.45, 7) is 0. The summed E-state index contributed by atoms with van der Waals surface area (Å²) in [7, 11) is 1.66. The highest BCUT2D eigenvalue weighted by atomic mass is 35.5. The van der Waals surface area contributed by atoms with Crippen molar-refractivity contribution in [3.05, 3.63) is 71.8 Å². The van der Waals surface area contributed by atoms with Crippen LogP contribution in [0.5, 0.6) is 11.5 Å². The molecule has 3 aromatic carbocycles. The average molecular weight is 350 g/mol. The van der Waals surface area contributed by atoms with Crippen molar-refractivity contribution >= 4 is 22.5 Å². The number of hydrogen-bond acceptors (Lipinski definition) is 2. The van der Waals surface area contributed by atoms with E-state index in [2.05, 4.69) is 4.98 Å². The molecule has 124 valence electrons. The molecule has 4 heteroatoms. The second-order valence-corrected chi connectivity index (χ2v) is 6.28. The molecule has 0 spiro atoms. The van der Waals surface area contributed by atoms with Crippen LogP contribution in [-0.2, 0) is 0 Å². The van der Waals surface area contributed by atoms with Crippen molar-refractivity contribution in [2.45, 2.75) is 0 Å². The van der Waals surface area contributed by atoms with Crippen molar-refractivity contribution in [2.24, 2.45) is 0 Å². The zero-order chi connectivity index (χ0) is 17.4. The molecule has 0 unspecified atom stereocenters. The summed E-state index contributed by atoms with van der Waals surface area (Å²) in [4.78, 5) is 3.48. The van der Waals surface area contributed by atoms with Gasteiger partial charge in [-0.05, 0) is 65.7 Å². The molecule has 0 saturated heterocycles. The van der Waals surface area contributed by atoms with E-state index >= 15 is 0 Å². The van der Waals surface area contributed by atoms with Crippen LogP contribution in [-0.4, -0.2) is 17.2 Å². The van der Waals surface area contributed by atoms with E-state index < -0.39 is 0 Å². The predicted molar refractivity (Wildman–Crippen MR) is 102 cm³/mol. The Balaban J connectivity index is 1.99. The first kappa shape index (κ1) is 15.6. The van der Waals surface area contributed by atoms with E-state index in [-0.39, 0.29) is 5.75 Å². The first-order valence-corrected chi connectivity index (χ1v) is 8.28. The SMILES string of the molecule is COc1ccc(-c2c(-c3ccc(O)cc3)[nH]c3ccc(Cl)cc23)cc1. The van der Waals surface area contributed by atoms with Gasteiger partial charge in [0.05, 0.1) is 12.8 Å². The second kappa shape index (κ2) is 6.19. The highest BCUT2D eigenvalue weighted by molar-refractivity contribution is 6.31. The molecule has 0 aliphatic rings. The number of aromatic amines is 1. The topological polar surface area (TPSA) is 45.2 Å². The molecule has 25 heavy (non-hydrogen) atoms. The molecule has 0 amide bonds. The zero-order valence-corrected chi connectivity index (χ0v) is 14.3. The fraction of sp³-hybridized carbons (Fsp3) is 0.0476. The molecule has 4 aromatic rings. The Hall–Kier alpha value is -2.91. The number of H-pyrrole nitrogens is 1. The Morgan fingerprint density at radius 3 is 2.24 bits per heavy atom. The lowest BCUT2D eigenvalue weighted by Gasteiger charge is -2.07. The second-order valence-electron chi connectivity index (χ2n) is 5.84. The first-order valence-electron chi connectivity index (χ1n) is 7.91. The molecule has 1 aromatic heterocycles. The summed E-state index contributed by atoms with van der Waals surface area (Å²) >= 11 is 6.23. The van der Waals surface area contributed by atoms with Gasteiger partial charge in [0, 0.05) is 21.5 Å². The molecular formula is C21H16ClNO2. The maximum atomic E-state index is 9.58. The van der Waals surface area contributed by atoms with Crippen molar-refractivity contribution in [3.8, 4) is 33.9 Å². The minimum atomic E-state index is 0.244. The van der Waals surface area contributed by atoms with E-state index in [0.717, 1.165) is 39.0 Å². The summed E-state index contributed by atoms with van der Waals surface area (Å²) in [6, 6.07) is 20.9. The number of hydrogen-bond donors (Lipinski definition) is 2. The fourth-order valence-electron chi connectivity index (χ4n) is 3.07. The van der Waals surface area contributed by atoms with Crippen LogP contribution < -0.4 is 4.74 Å². The van der Waals surface area contributed by atoms with Crippen molar-refractivity contribution in [1.82, 2.24) is 4.98 Å². The Morgan fingerprint density at radius 1 is 0.880 bits per heavy atom. The van der Waals surface area contributed by atoms with Gasteiger partial charge in [-0.1, -0.05) is 23.7 Å². The number of nitrogens with one attached hydrogen (secondary N) is 1. The number of ether oxygens (including phenoxy) is 1. The summed E-state index contributed by atoms with van der Waals surface area (Å²) < 4.78 is 5.26. The lowest BCUT2D eigenvalue weighted by molar-refractivity contribution is 0.415. The third kappa shape index (κ3) is 2.83. The quantitative estimate of drug-likeness (QED) is 0.486. The number of fused-ring (bicyclic) bond motifs is 1. The third-order valence-corrected chi connectivity index (χ3v) is 4.53. The van der Waals surface area contributed by atoms with Crippen LogP contribution in [0, 0.1) is 0 Å². The van der Waals surface area contributed by atoms with Crippen LogP contribution in [0.25, 0.3) is 33.3 Å². The predicted octanol–water partition coefficient (Wildman–Crippen LogP) is 5.87. The summed E-state index contributed by atoms with van der Waals surface area (Å²) in [6.07, 6.45) is 0. The van der Waals surface area contributed by atoms with Gasteiger partial charge in [0.15, 0.2) is 0 Å². The van der Waals surface area contributed by atoms with Gasteiger partial charge in [-0.25, -0.2) is 0 Å². The molecule has 0 fully saturated rings. The third-order valence-electron chi connectivity index (χ3n) is 4.30. The molecule has 2 N–H and O–H groups in total. The number of phenolic OH excluding ortho intramolecular Hbond substituents is 1. The van der Waals surface area contributed by atoms with Crippen LogP contribution in [0.4, 0.5) is 0 Å². The first-order chi connectivity index (χ1) is 12.2. The van der Waals surface area contributed by atoms with E-state index in [0.29, 0.717) is 5.02 Å². The van der Waals surface area contributed by atoms with Gasteiger partial charge in [-0.15, -0.1) is 0 Å². The van der Waals surface area contributed by atoms with Gasteiger partial charge in [-0.2, -0.15) is 0 Å². The van der Waals surface area contributed by atoms with Crippen LogP contribution in [0.15, 0.2) is 66.7 Å². The van der Waals surface area contributed by atoms with Crippen LogP contribution in [0.2, 0.25) is 5.02 Å². The summed E-state index contributed by atoms with van der Waals surface area (Å²) in [5, 5.41) is 11.3. The van der Waals surface area contributed by atoms with E-state index in [4.69, 9.17) is 16.3 Å². The monoisotopic (exact) mass is 349 g/mol. The Labute approximate surface area is 150 Å². The van der Waals surface area contributed by atoms with Gasteiger partial charge in [0.1, 0.15) is 11.5 Å². The fourth-order valence-corrected chi connectivity index (χ4v) is 3.24. The minimum absolute atomic E-state index is 0.244. The number of rotatable bonds is 3. The zero-order valence-electron chi connectivity index (χ0n) is 13.6. The largest absolute Gasteiger partial charge is 0.508 e. The number of aromatic hydroxyl groups is 1. The molecule has 4 rings (SSSR count). The lowest BCUT2D eigenvalue weighted by Crippen LogP contribution is -1.85. The Bertz CT molecular complexity index is 1030. The van der Waals surface area contributed by atoms with Gasteiger partial charge < -0.3 is 14.8 Å². The van der Waals surface area contributed by atoms with Crippen LogP contribution >= 0.6 is 11.6 Å². The van der Waals surface area contributed by atoms with E-state index in [1.165, 1.54) is 0 Å². The van der Waals surface area contributed by atoms with Crippen LogP contribution in [0.1, 0.15) is 0 Å². The Kier molecular flexibility index (Phi) is 3.86. The maximum Gasteiger partial charge on any atom is 0.118 e. The van der Waals surface area contributed by atoms with Crippen molar-refractivity contribution < 1.29 is 9.84 Å². The molecule has 0 aliphatic heterocycles. The van der Waals surface area contributed by atoms with Crippen molar-refractivity contribution in [2.75, 3.05) is 7.11 Å². The molecule has 1 heterocycles. The highest BCUT2D eigenvalue weighted by Gasteiger charge is 2.15. The van der Waals surface area contributed by atoms with Crippen molar-refractivity contribution in [1.29, 1.82) is 0 Å². The summed E-state index contributed by atoms with van der Waals surface area (Å²) in [5.41, 5.74) is 5.14. The standard InChI is InChI=1S/C21H16ClNO2/c1-25-17-9-4-13(5-10-17)20-18-12-15(22)6-11-19(18)23-21(20)14-2-7-16(24)8-3-14/h2-12,23-24H,1H3. The molecule has 0 radical (unpaired) electrons. The number of benzene rings is 3. The maximum absolute atomic E-state index is 9.58. The average Bonchev–Trinajstić information content (AvgIpc) is 3.01. The smallest absolute Gasteiger partial charge is 0.118 e. The molecule has 0 atom stereocenters. The van der Waals surface area contributed by atoms with Crippen molar-refractivity contribution in [3.63, 3.8) is 0 Å². The van der Waals surface area contributed by atoms with E-state index in [9.17, 15) is 5.11 Å². The molecule has 3 nitrogen and oxygen atoms in total. The molecule has 0 bridgehead atoms. The molecular weight excluding hydrogens is 334 g/mol. The van der Waals surface area contributed by atoms with E-state index in [1.54, 1.807) is 19.2 Å². The Morgan fingerprint density at radius 2 is 1.56 bits per heavy atom. The van der Waals surface area contributed by atoms with E-state index in [1.807, 2.05) is 54.6 Å². The molecule has 0 saturated carbocycles. The van der Waals surface area contributed by atoms with Crippen LogP contribution in [0.3, 0.4) is 0 Å². The van der Waals surface area contributed by atoms with Gasteiger partial charge in [0.25, 0.3) is 0 Å². The molecule has 0 aliphatic carbocycles. The normalized spacial score (nSPS) is 11.0. The van der Waals surface area contributed by atoms with Gasteiger partial charge >= 0.3 is 0 Å².